The van der Waals surface area contributed by atoms with Crippen molar-refractivity contribution >= 4 is 42.5 Å². The van der Waals surface area contributed by atoms with Crippen molar-refractivity contribution in [1.29, 1.82) is 0 Å². The lowest BCUT2D eigenvalue weighted by Crippen LogP contribution is -2.53. The van der Waals surface area contributed by atoms with Gasteiger partial charge in [-0.1, -0.05) is 5.16 Å². The van der Waals surface area contributed by atoms with Crippen molar-refractivity contribution in [2.24, 2.45) is 0 Å². The smallest absolute Gasteiger partial charge is 0.243 e. The third-order valence-corrected chi connectivity index (χ3v) is 5.03. The Morgan fingerprint density at radius 3 is 2.57 bits per heavy atom. The predicted molar refractivity (Wildman–Crippen MR) is 94.3 cm³/mol. The number of aromatic nitrogens is 2. The van der Waals surface area contributed by atoms with Crippen LogP contribution in [0.5, 0.6) is 0 Å². The van der Waals surface area contributed by atoms with Crippen molar-refractivity contribution in [3.05, 3.63) is 11.7 Å². The Morgan fingerprint density at radius 1 is 1.35 bits per heavy atom. The fourth-order valence-electron chi connectivity index (χ4n) is 2.74. The topological polar surface area (TPSA) is 74.5 Å². The minimum atomic E-state index is -0.00226. The highest BCUT2D eigenvalue weighted by molar-refractivity contribution is 7.99. The van der Waals surface area contributed by atoms with Gasteiger partial charge in [-0.2, -0.15) is 4.98 Å². The van der Waals surface area contributed by atoms with E-state index >= 15 is 0 Å². The van der Waals surface area contributed by atoms with Crippen LogP contribution >= 0.6 is 36.6 Å². The molecule has 1 amide bonds. The van der Waals surface area contributed by atoms with E-state index in [9.17, 15) is 4.79 Å². The summed E-state index contributed by atoms with van der Waals surface area (Å²) in [6.07, 6.45) is 0. The highest BCUT2D eigenvalue weighted by Crippen LogP contribution is 2.21. The summed E-state index contributed by atoms with van der Waals surface area (Å²) < 4.78 is 5.24. The SMILES string of the molecule is Cc1noc(C(C)N2CCN(C(=O)C3CSCN3)CC2)n1.Cl.Cl. The van der Waals surface area contributed by atoms with Crippen molar-refractivity contribution in [1.82, 2.24) is 25.3 Å². The van der Waals surface area contributed by atoms with Crippen molar-refractivity contribution in [2.45, 2.75) is 25.9 Å². The van der Waals surface area contributed by atoms with Crippen molar-refractivity contribution in [3.63, 3.8) is 0 Å². The molecule has 0 aromatic carbocycles. The van der Waals surface area contributed by atoms with Crippen LogP contribution < -0.4 is 5.32 Å². The van der Waals surface area contributed by atoms with Gasteiger partial charge in [0.05, 0.1) is 12.1 Å². The van der Waals surface area contributed by atoms with Crippen molar-refractivity contribution < 1.29 is 9.32 Å². The van der Waals surface area contributed by atoms with E-state index in [0.717, 1.165) is 37.8 Å². The number of piperazine rings is 1. The molecule has 2 saturated heterocycles. The molecule has 23 heavy (non-hydrogen) atoms. The average Bonchev–Trinajstić information content (AvgIpc) is 3.17. The van der Waals surface area contributed by atoms with E-state index < -0.39 is 0 Å². The maximum Gasteiger partial charge on any atom is 0.243 e. The van der Waals surface area contributed by atoms with Crippen LogP contribution in [0.1, 0.15) is 24.7 Å². The predicted octanol–water partition coefficient (Wildman–Crippen LogP) is 1.09. The molecule has 1 N–H and O–H groups in total. The van der Waals surface area contributed by atoms with Crippen molar-refractivity contribution in [2.75, 3.05) is 37.8 Å². The number of carbonyl (C=O) groups excluding carboxylic acids is 1. The summed E-state index contributed by atoms with van der Waals surface area (Å²) in [6.45, 7) is 7.10. The maximum absolute atomic E-state index is 12.3. The number of rotatable bonds is 3. The number of aryl methyl sites for hydroxylation is 1. The van der Waals surface area contributed by atoms with Crippen LogP contribution in [0, 0.1) is 6.92 Å². The second-order valence-electron chi connectivity index (χ2n) is 5.49. The first-order valence-corrected chi connectivity index (χ1v) is 8.45. The van der Waals surface area contributed by atoms with E-state index in [-0.39, 0.29) is 42.8 Å². The Bertz CT molecular complexity index is 504. The van der Waals surface area contributed by atoms with Gasteiger partial charge in [0, 0.05) is 37.8 Å². The van der Waals surface area contributed by atoms with Crippen LogP contribution in [0.2, 0.25) is 0 Å². The number of hydrogen-bond acceptors (Lipinski definition) is 7. The minimum Gasteiger partial charge on any atom is -0.339 e. The quantitative estimate of drug-likeness (QED) is 0.836. The van der Waals surface area contributed by atoms with E-state index in [2.05, 4.69) is 27.3 Å². The normalized spacial score (nSPS) is 23.0. The first-order chi connectivity index (χ1) is 10.1. The van der Waals surface area contributed by atoms with Crippen LogP contribution in [0.15, 0.2) is 4.52 Å². The molecule has 0 saturated carbocycles. The van der Waals surface area contributed by atoms with Gasteiger partial charge in [-0.3, -0.25) is 15.0 Å². The fraction of sp³-hybridized carbons (Fsp3) is 0.769. The van der Waals surface area contributed by atoms with Gasteiger partial charge in [0.25, 0.3) is 0 Å². The van der Waals surface area contributed by atoms with Gasteiger partial charge in [0.2, 0.25) is 11.8 Å². The zero-order chi connectivity index (χ0) is 14.8. The third-order valence-electron chi connectivity index (χ3n) is 4.09. The summed E-state index contributed by atoms with van der Waals surface area (Å²) in [5, 5.41) is 7.08. The zero-order valence-electron chi connectivity index (χ0n) is 13.2. The molecule has 0 bridgehead atoms. The molecule has 0 aliphatic carbocycles. The lowest BCUT2D eigenvalue weighted by atomic mass is 10.2. The molecular formula is C13H23Cl2N5O2S. The highest BCUT2D eigenvalue weighted by Gasteiger charge is 2.31. The highest BCUT2D eigenvalue weighted by atomic mass is 35.5. The Labute approximate surface area is 152 Å². The molecule has 2 aliphatic heterocycles. The van der Waals surface area contributed by atoms with E-state index in [1.807, 2.05) is 11.8 Å². The molecule has 1 aromatic heterocycles. The molecule has 2 atom stereocenters. The van der Waals surface area contributed by atoms with Crippen LogP contribution in [0.25, 0.3) is 0 Å². The molecular weight excluding hydrogens is 361 g/mol. The number of nitrogens with one attached hydrogen (secondary N) is 1. The molecule has 2 unspecified atom stereocenters. The Morgan fingerprint density at radius 2 is 2.04 bits per heavy atom. The van der Waals surface area contributed by atoms with Crippen LogP contribution in [0.3, 0.4) is 0 Å². The zero-order valence-corrected chi connectivity index (χ0v) is 15.7. The largest absolute Gasteiger partial charge is 0.339 e. The van der Waals surface area contributed by atoms with E-state index in [0.29, 0.717) is 11.7 Å². The second kappa shape index (κ2) is 9.08. The molecule has 7 nitrogen and oxygen atoms in total. The first-order valence-electron chi connectivity index (χ1n) is 7.29. The van der Waals surface area contributed by atoms with Crippen molar-refractivity contribution in [3.8, 4) is 0 Å². The third kappa shape index (κ3) is 4.73. The first kappa shape index (κ1) is 20.5. The summed E-state index contributed by atoms with van der Waals surface area (Å²) in [4.78, 5) is 20.9. The number of carbonyl (C=O) groups is 1. The molecule has 3 heterocycles. The Balaban J connectivity index is 0.00000132. The summed E-state index contributed by atoms with van der Waals surface area (Å²) in [7, 11) is 0. The van der Waals surface area contributed by atoms with Gasteiger partial charge in [-0.05, 0) is 13.8 Å². The van der Waals surface area contributed by atoms with Gasteiger partial charge in [0.15, 0.2) is 5.82 Å². The number of hydrogen-bond donors (Lipinski definition) is 1. The van der Waals surface area contributed by atoms with E-state index in [4.69, 9.17) is 4.52 Å². The Hall–Kier alpha value is -0.540. The molecule has 0 radical (unpaired) electrons. The Kier molecular flexibility index (Phi) is 8.09. The van der Waals surface area contributed by atoms with Gasteiger partial charge in [0.1, 0.15) is 0 Å². The number of nitrogens with zero attached hydrogens (tertiary/aromatic N) is 4. The van der Waals surface area contributed by atoms with Crippen LogP contribution in [0.4, 0.5) is 0 Å². The van der Waals surface area contributed by atoms with E-state index in [1.54, 1.807) is 11.8 Å². The summed E-state index contributed by atoms with van der Waals surface area (Å²) in [5.41, 5.74) is 0. The minimum absolute atomic E-state index is 0. The number of halogens is 2. The standard InChI is InChI=1S/C13H21N5O2S.2ClH/c1-9(12-15-10(2)16-20-12)17-3-5-18(6-4-17)13(19)11-7-21-8-14-11;;/h9,11,14H,3-8H2,1-2H3;2*1H. The molecule has 3 rings (SSSR count). The van der Waals surface area contributed by atoms with Gasteiger partial charge in [-0.15, -0.1) is 36.6 Å². The average molecular weight is 384 g/mol. The molecule has 132 valence electrons. The molecule has 0 spiro atoms. The maximum atomic E-state index is 12.3. The number of amides is 1. The lowest BCUT2D eigenvalue weighted by Gasteiger charge is -2.37. The summed E-state index contributed by atoms with van der Waals surface area (Å²) >= 11 is 1.78. The molecule has 10 heteroatoms. The summed E-state index contributed by atoms with van der Waals surface area (Å²) in [5.74, 6) is 3.32. The second-order valence-corrected chi connectivity index (χ2v) is 6.52. The molecule has 2 aliphatic rings. The van der Waals surface area contributed by atoms with Gasteiger partial charge < -0.3 is 9.42 Å². The number of thioether (sulfide) groups is 1. The fourth-order valence-corrected chi connectivity index (χ4v) is 3.68. The van der Waals surface area contributed by atoms with E-state index in [1.165, 1.54) is 0 Å². The van der Waals surface area contributed by atoms with Crippen LogP contribution in [-0.4, -0.2) is 69.7 Å². The van der Waals surface area contributed by atoms with Gasteiger partial charge in [-0.25, -0.2) is 0 Å². The van der Waals surface area contributed by atoms with Gasteiger partial charge >= 0.3 is 0 Å². The molecule has 1 aromatic rings. The molecule has 2 fully saturated rings. The summed E-state index contributed by atoms with van der Waals surface area (Å²) in [6, 6.07) is 0.0983. The van der Waals surface area contributed by atoms with Crippen LogP contribution in [-0.2, 0) is 4.79 Å². The lowest BCUT2D eigenvalue weighted by molar-refractivity contribution is -0.134. The monoisotopic (exact) mass is 383 g/mol.